The van der Waals surface area contributed by atoms with Crippen molar-refractivity contribution in [2.24, 2.45) is 0 Å². The van der Waals surface area contributed by atoms with Gasteiger partial charge in [-0.15, -0.1) is 6.58 Å². The lowest BCUT2D eigenvalue weighted by Gasteiger charge is -2.13. The molecular formula is C15H22ClNO2. The topological polar surface area (TPSA) is 30.5 Å². The Bertz CT molecular complexity index is 407. The van der Waals surface area contributed by atoms with Gasteiger partial charge in [0.25, 0.3) is 0 Å². The molecule has 0 unspecified atom stereocenters. The summed E-state index contributed by atoms with van der Waals surface area (Å²) >= 11 is 6.18. The van der Waals surface area contributed by atoms with Gasteiger partial charge in [0.05, 0.1) is 18.2 Å². The third-order valence-electron chi connectivity index (χ3n) is 2.62. The molecule has 0 amide bonds. The minimum atomic E-state index is 0.601. The molecule has 1 rings (SSSR count). The molecule has 0 saturated carbocycles. The average Bonchev–Trinajstić information content (AvgIpc) is 2.37. The number of para-hydroxylation sites is 1. The first-order valence-electron chi connectivity index (χ1n) is 6.39. The standard InChI is InChI=1S/C15H22ClNO2/c1-12(2)7-9-19-15-13(5-4-6-14(15)16)11-17-8-10-18-3/h4-6,17H,1,7-11H2,2-3H3. The van der Waals surface area contributed by atoms with E-state index < -0.39 is 0 Å². The molecule has 0 aromatic heterocycles. The van der Waals surface area contributed by atoms with E-state index in [4.69, 9.17) is 21.1 Å². The van der Waals surface area contributed by atoms with Crippen LogP contribution in [0.5, 0.6) is 5.75 Å². The van der Waals surface area contributed by atoms with Crippen LogP contribution >= 0.6 is 11.6 Å². The monoisotopic (exact) mass is 283 g/mol. The fourth-order valence-corrected chi connectivity index (χ4v) is 1.83. The smallest absolute Gasteiger partial charge is 0.142 e. The van der Waals surface area contributed by atoms with Gasteiger partial charge in [-0.2, -0.15) is 0 Å². The van der Waals surface area contributed by atoms with Gasteiger partial charge >= 0.3 is 0 Å². The van der Waals surface area contributed by atoms with Crippen molar-refractivity contribution < 1.29 is 9.47 Å². The molecule has 1 N–H and O–H groups in total. The third kappa shape index (κ3) is 6.10. The second-order valence-corrected chi connectivity index (χ2v) is 4.86. The molecule has 0 saturated heterocycles. The van der Waals surface area contributed by atoms with Crippen LogP contribution in [0.15, 0.2) is 30.4 Å². The maximum absolute atomic E-state index is 6.18. The fourth-order valence-electron chi connectivity index (χ4n) is 1.58. The Kier molecular flexibility index (Phi) is 7.56. The van der Waals surface area contributed by atoms with Gasteiger partial charge in [-0.1, -0.05) is 29.3 Å². The van der Waals surface area contributed by atoms with Gasteiger partial charge in [0.15, 0.2) is 0 Å². The predicted octanol–water partition coefficient (Wildman–Crippen LogP) is 3.42. The van der Waals surface area contributed by atoms with Gasteiger partial charge in [-0.3, -0.25) is 0 Å². The number of ether oxygens (including phenoxy) is 2. The molecule has 0 radical (unpaired) electrons. The van der Waals surface area contributed by atoms with Gasteiger partial charge in [0, 0.05) is 32.2 Å². The molecule has 0 aliphatic heterocycles. The van der Waals surface area contributed by atoms with Crippen LogP contribution in [-0.2, 0) is 11.3 Å². The Morgan fingerprint density at radius 2 is 2.16 bits per heavy atom. The first-order chi connectivity index (χ1) is 9.15. The van der Waals surface area contributed by atoms with E-state index in [1.807, 2.05) is 25.1 Å². The lowest BCUT2D eigenvalue weighted by molar-refractivity contribution is 0.199. The average molecular weight is 284 g/mol. The van der Waals surface area contributed by atoms with E-state index in [0.29, 0.717) is 24.8 Å². The van der Waals surface area contributed by atoms with Gasteiger partial charge in [0.2, 0.25) is 0 Å². The number of halogens is 1. The van der Waals surface area contributed by atoms with Crippen LogP contribution in [0.1, 0.15) is 18.9 Å². The number of nitrogens with one attached hydrogen (secondary N) is 1. The molecule has 0 aliphatic carbocycles. The maximum Gasteiger partial charge on any atom is 0.142 e. The van der Waals surface area contributed by atoms with E-state index in [9.17, 15) is 0 Å². The Balaban J connectivity index is 2.58. The summed E-state index contributed by atoms with van der Waals surface area (Å²) < 4.78 is 10.8. The number of hydrogen-bond acceptors (Lipinski definition) is 3. The molecule has 19 heavy (non-hydrogen) atoms. The van der Waals surface area contributed by atoms with Gasteiger partial charge in [0.1, 0.15) is 5.75 Å². The lowest BCUT2D eigenvalue weighted by atomic mass is 10.2. The van der Waals surface area contributed by atoms with Crippen LogP contribution < -0.4 is 10.1 Å². The summed E-state index contributed by atoms with van der Waals surface area (Å²) in [7, 11) is 1.69. The Morgan fingerprint density at radius 1 is 1.37 bits per heavy atom. The van der Waals surface area contributed by atoms with Crippen LogP contribution in [0.2, 0.25) is 5.02 Å². The first kappa shape index (κ1) is 16.0. The molecule has 106 valence electrons. The van der Waals surface area contributed by atoms with E-state index in [-0.39, 0.29) is 0 Å². The highest BCUT2D eigenvalue weighted by molar-refractivity contribution is 6.32. The predicted molar refractivity (Wildman–Crippen MR) is 80.0 cm³/mol. The highest BCUT2D eigenvalue weighted by Crippen LogP contribution is 2.28. The van der Waals surface area contributed by atoms with E-state index in [0.717, 1.165) is 29.9 Å². The summed E-state index contributed by atoms with van der Waals surface area (Å²) in [5.74, 6) is 0.760. The van der Waals surface area contributed by atoms with Crippen molar-refractivity contribution in [3.05, 3.63) is 40.9 Å². The lowest BCUT2D eigenvalue weighted by Crippen LogP contribution is -2.19. The Hall–Kier alpha value is -1.03. The molecule has 0 fully saturated rings. The molecule has 1 aromatic carbocycles. The summed E-state index contributed by atoms with van der Waals surface area (Å²) in [6.45, 7) is 8.65. The van der Waals surface area contributed by atoms with Crippen molar-refractivity contribution >= 4 is 11.6 Å². The molecule has 0 atom stereocenters. The minimum absolute atomic E-state index is 0.601. The molecule has 0 bridgehead atoms. The van der Waals surface area contributed by atoms with E-state index in [2.05, 4.69) is 11.9 Å². The van der Waals surface area contributed by atoms with Crippen molar-refractivity contribution in [2.75, 3.05) is 26.9 Å². The van der Waals surface area contributed by atoms with Crippen molar-refractivity contribution in [1.29, 1.82) is 0 Å². The number of rotatable bonds is 9. The van der Waals surface area contributed by atoms with Gasteiger partial charge in [-0.05, 0) is 13.0 Å². The van der Waals surface area contributed by atoms with Crippen LogP contribution in [0.4, 0.5) is 0 Å². The van der Waals surface area contributed by atoms with Crippen LogP contribution in [0, 0.1) is 0 Å². The number of hydrogen-bond donors (Lipinski definition) is 1. The first-order valence-corrected chi connectivity index (χ1v) is 6.77. The fraction of sp³-hybridized carbons (Fsp3) is 0.467. The van der Waals surface area contributed by atoms with Gasteiger partial charge < -0.3 is 14.8 Å². The van der Waals surface area contributed by atoms with Crippen LogP contribution in [-0.4, -0.2) is 26.9 Å². The molecule has 4 heteroatoms. The minimum Gasteiger partial charge on any atom is -0.491 e. The molecular weight excluding hydrogens is 262 g/mol. The molecule has 0 spiro atoms. The van der Waals surface area contributed by atoms with E-state index >= 15 is 0 Å². The molecule has 0 aliphatic rings. The summed E-state index contributed by atoms with van der Waals surface area (Å²) in [6.07, 6.45) is 0.835. The van der Waals surface area contributed by atoms with Gasteiger partial charge in [-0.25, -0.2) is 0 Å². The zero-order chi connectivity index (χ0) is 14.1. The second-order valence-electron chi connectivity index (χ2n) is 4.45. The second kappa shape index (κ2) is 8.97. The number of benzene rings is 1. The zero-order valence-corrected chi connectivity index (χ0v) is 12.4. The van der Waals surface area contributed by atoms with Crippen molar-refractivity contribution in [3.8, 4) is 5.75 Å². The molecule has 0 heterocycles. The number of methoxy groups -OCH3 is 1. The summed E-state index contributed by atoms with van der Waals surface area (Å²) in [5, 5.41) is 3.93. The summed E-state index contributed by atoms with van der Waals surface area (Å²) in [5.41, 5.74) is 2.16. The molecule has 3 nitrogen and oxygen atoms in total. The summed E-state index contributed by atoms with van der Waals surface area (Å²) in [4.78, 5) is 0. The normalized spacial score (nSPS) is 10.5. The van der Waals surface area contributed by atoms with Crippen LogP contribution in [0.3, 0.4) is 0 Å². The van der Waals surface area contributed by atoms with Crippen molar-refractivity contribution in [3.63, 3.8) is 0 Å². The SMILES string of the molecule is C=C(C)CCOc1c(Cl)cccc1CNCCOC. The van der Waals surface area contributed by atoms with Crippen molar-refractivity contribution in [2.45, 2.75) is 19.9 Å². The highest BCUT2D eigenvalue weighted by atomic mass is 35.5. The Morgan fingerprint density at radius 3 is 2.84 bits per heavy atom. The van der Waals surface area contributed by atoms with E-state index in [1.165, 1.54) is 0 Å². The molecule has 1 aromatic rings. The quantitative estimate of drug-likeness (QED) is 0.556. The largest absolute Gasteiger partial charge is 0.491 e. The third-order valence-corrected chi connectivity index (χ3v) is 2.92. The summed E-state index contributed by atoms with van der Waals surface area (Å²) in [6, 6.07) is 5.79. The van der Waals surface area contributed by atoms with E-state index in [1.54, 1.807) is 7.11 Å². The highest BCUT2D eigenvalue weighted by Gasteiger charge is 2.08. The van der Waals surface area contributed by atoms with Crippen LogP contribution in [0.25, 0.3) is 0 Å². The van der Waals surface area contributed by atoms with Crippen molar-refractivity contribution in [1.82, 2.24) is 5.32 Å². The maximum atomic E-state index is 6.18. The Labute approximate surface area is 120 Å². The zero-order valence-electron chi connectivity index (χ0n) is 11.7.